The van der Waals surface area contributed by atoms with Crippen molar-refractivity contribution < 1.29 is 13.9 Å². The van der Waals surface area contributed by atoms with Crippen LogP contribution < -0.4 is 10.2 Å². The van der Waals surface area contributed by atoms with E-state index in [-0.39, 0.29) is 18.3 Å². The Labute approximate surface area is 249 Å². The molecule has 212 valence electrons. The van der Waals surface area contributed by atoms with Gasteiger partial charge in [-0.2, -0.15) is 5.10 Å². The van der Waals surface area contributed by atoms with Gasteiger partial charge in [-0.15, -0.1) is 0 Å². The molecular weight excluding hydrogens is 539 g/mol. The highest BCUT2D eigenvalue weighted by Crippen LogP contribution is 2.25. The fourth-order valence-corrected chi connectivity index (χ4v) is 5.14. The Balaban J connectivity index is 1.18. The van der Waals surface area contributed by atoms with Crippen LogP contribution in [0.4, 0.5) is 4.39 Å². The highest BCUT2D eigenvalue weighted by atomic mass is 19.1. The summed E-state index contributed by atoms with van der Waals surface area (Å²) in [7, 11) is 0. The molecule has 43 heavy (non-hydrogen) atoms. The molecule has 4 aromatic carbocycles. The van der Waals surface area contributed by atoms with Crippen molar-refractivity contribution in [1.29, 1.82) is 0 Å². The van der Waals surface area contributed by atoms with Crippen LogP contribution in [0.25, 0.3) is 27.8 Å². The van der Waals surface area contributed by atoms with Crippen LogP contribution in [0.1, 0.15) is 32.9 Å². The molecule has 0 aliphatic carbocycles. The zero-order valence-electron chi connectivity index (χ0n) is 23.8. The van der Waals surface area contributed by atoms with Gasteiger partial charge in [0.05, 0.1) is 23.0 Å². The second-order valence-corrected chi connectivity index (χ2v) is 10.2. The first-order valence-corrected chi connectivity index (χ1v) is 13.9. The number of rotatable bonds is 8. The Hall–Kier alpha value is -5.56. The van der Waals surface area contributed by atoms with Crippen LogP contribution >= 0.6 is 0 Å². The number of carbonyl (C=O) groups excluding carboxylic acids is 1. The van der Waals surface area contributed by atoms with E-state index in [0.717, 1.165) is 50.4 Å². The van der Waals surface area contributed by atoms with Gasteiger partial charge in [0.2, 0.25) is 0 Å². The molecule has 0 aliphatic rings. The van der Waals surface area contributed by atoms with E-state index in [1.807, 2.05) is 105 Å². The first kappa shape index (κ1) is 27.6. The molecule has 6 aromatic rings. The van der Waals surface area contributed by atoms with E-state index in [4.69, 9.17) is 9.72 Å². The number of aromatic nitrogens is 2. The highest BCUT2D eigenvalue weighted by molar-refractivity contribution is 6.07. The number of hydrogen-bond acceptors (Lipinski definition) is 4. The maximum Gasteiger partial charge on any atom is 0.272 e. The van der Waals surface area contributed by atoms with Crippen molar-refractivity contribution >= 4 is 23.0 Å². The summed E-state index contributed by atoms with van der Waals surface area (Å²) in [5.74, 6) is 0.102. The topological polar surface area (TPSA) is 68.5 Å². The predicted molar refractivity (Wildman–Crippen MR) is 168 cm³/mol. The number of ether oxygens (including phenoxy) is 1. The van der Waals surface area contributed by atoms with Crippen LogP contribution in [-0.4, -0.2) is 21.7 Å². The standard InChI is InChI=1S/C36H29FN4O2/c1-24-19-28(25(2)41(24)30-15-17-31(18-16-30)43-23-26-9-8-12-29(37)20-26)22-38-40-36(42)33-21-35(27-10-4-3-5-11-27)39-34-14-7-6-13-32(33)34/h3-22H,23H2,1-2H3,(H,40,42)/b38-22-. The second kappa shape index (κ2) is 12.1. The number of nitrogens with zero attached hydrogens (tertiary/aromatic N) is 3. The van der Waals surface area contributed by atoms with E-state index >= 15 is 0 Å². The number of para-hydroxylation sites is 1. The summed E-state index contributed by atoms with van der Waals surface area (Å²) in [6.45, 7) is 4.31. The number of hydrogen-bond donors (Lipinski definition) is 1. The number of hydrazone groups is 1. The van der Waals surface area contributed by atoms with Crippen LogP contribution in [0, 0.1) is 19.7 Å². The molecule has 0 saturated heterocycles. The third kappa shape index (κ3) is 6.06. The van der Waals surface area contributed by atoms with Crippen LogP contribution in [0.5, 0.6) is 5.75 Å². The maximum atomic E-state index is 13.4. The van der Waals surface area contributed by atoms with Crippen molar-refractivity contribution in [2.75, 3.05) is 0 Å². The van der Waals surface area contributed by atoms with E-state index in [1.54, 1.807) is 18.3 Å². The summed E-state index contributed by atoms with van der Waals surface area (Å²) in [6.07, 6.45) is 1.66. The minimum atomic E-state index is -0.310. The summed E-state index contributed by atoms with van der Waals surface area (Å²) in [6, 6.07) is 35.3. The quantitative estimate of drug-likeness (QED) is 0.151. The van der Waals surface area contributed by atoms with Crippen molar-refractivity contribution in [2.45, 2.75) is 20.5 Å². The highest BCUT2D eigenvalue weighted by Gasteiger charge is 2.14. The average Bonchev–Trinajstić information content (AvgIpc) is 3.32. The molecule has 1 N–H and O–H groups in total. The van der Waals surface area contributed by atoms with Gasteiger partial charge in [0.25, 0.3) is 5.91 Å². The number of aryl methyl sites for hydroxylation is 1. The van der Waals surface area contributed by atoms with Gasteiger partial charge < -0.3 is 9.30 Å². The van der Waals surface area contributed by atoms with Gasteiger partial charge in [-0.1, -0.05) is 60.7 Å². The minimum absolute atomic E-state index is 0.281. The van der Waals surface area contributed by atoms with Gasteiger partial charge in [0.1, 0.15) is 18.2 Å². The van der Waals surface area contributed by atoms with Gasteiger partial charge in [-0.3, -0.25) is 4.79 Å². The molecule has 0 radical (unpaired) electrons. The monoisotopic (exact) mass is 568 g/mol. The number of carbonyl (C=O) groups is 1. The van der Waals surface area contributed by atoms with Gasteiger partial charge in [-0.25, -0.2) is 14.8 Å². The third-order valence-electron chi connectivity index (χ3n) is 7.26. The van der Waals surface area contributed by atoms with Gasteiger partial charge in [0, 0.05) is 33.6 Å². The summed E-state index contributed by atoms with van der Waals surface area (Å²) in [5.41, 5.74) is 10.2. The van der Waals surface area contributed by atoms with Crippen molar-refractivity contribution in [2.24, 2.45) is 5.10 Å². The number of nitrogens with one attached hydrogen (secondary N) is 1. The van der Waals surface area contributed by atoms with E-state index in [0.29, 0.717) is 11.3 Å². The molecule has 6 rings (SSSR count). The Morgan fingerprint density at radius 1 is 0.907 bits per heavy atom. The van der Waals surface area contributed by atoms with E-state index in [2.05, 4.69) is 15.1 Å². The number of benzene rings is 4. The molecule has 2 heterocycles. The number of halogens is 1. The lowest BCUT2D eigenvalue weighted by atomic mass is 10.0. The Kier molecular flexibility index (Phi) is 7.78. The van der Waals surface area contributed by atoms with E-state index in [1.165, 1.54) is 12.1 Å². The molecular formula is C36H29FN4O2. The van der Waals surface area contributed by atoms with E-state index < -0.39 is 0 Å². The molecule has 1 amide bonds. The van der Waals surface area contributed by atoms with E-state index in [9.17, 15) is 9.18 Å². The summed E-state index contributed by atoms with van der Waals surface area (Å²) in [4.78, 5) is 18.1. The molecule has 6 nitrogen and oxygen atoms in total. The molecule has 0 unspecified atom stereocenters. The Morgan fingerprint density at radius 3 is 2.47 bits per heavy atom. The van der Waals surface area contributed by atoms with Crippen molar-refractivity contribution in [3.63, 3.8) is 0 Å². The summed E-state index contributed by atoms with van der Waals surface area (Å²) >= 11 is 0. The van der Waals surface area contributed by atoms with Crippen LogP contribution in [0.15, 0.2) is 120 Å². The predicted octanol–water partition coefficient (Wildman–Crippen LogP) is 7.79. The van der Waals surface area contributed by atoms with Crippen molar-refractivity contribution in [1.82, 2.24) is 15.0 Å². The fraction of sp³-hybridized carbons (Fsp3) is 0.0833. The zero-order chi connectivity index (χ0) is 29.8. The van der Waals surface area contributed by atoms with Crippen LogP contribution in [0.3, 0.4) is 0 Å². The van der Waals surface area contributed by atoms with Gasteiger partial charge in [0.15, 0.2) is 0 Å². The third-order valence-corrected chi connectivity index (χ3v) is 7.26. The average molecular weight is 569 g/mol. The number of fused-ring (bicyclic) bond motifs is 1. The first-order valence-electron chi connectivity index (χ1n) is 13.9. The maximum absolute atomic E-state index is 13.4. The number of amides is 1. The second-order valence-electron chi connectivity index (χ2n) is 10.2. The zero-order valence-corrected chi connectivity index (χ0v) is 23.8. The molecule has 7 heteroatoms. The molecule has 0 saturated carbocycles. The largest absolute Gasteiger partial charge is 0.489 e. The Morgan fingerprint density at radius 2 is 1.67 bits per heavy atom. The normalized spacial score (nSPS) is 11.2. The molecule has 0 spiro atoms. The lowest BCUT2D eigenvalue weighted by Gasteiger charge is -2.11. The molecule has 0 bridgehead atoms. The SMILES string of the molecule is Cc1cc(/C=N\NC(=O)c2cc(-c3ccccc3)nc3ccccc23)c(C)n1-c1ccc(OCc2cccc(F)c2)cc1. The summed E-state index contributed by atoms with van der Waals surface area (Å²) < 4.78 is 21.4. The minimum Gasteiger partial charge on any atom is -0.489 e. The van der Waals surface area contributed by atoms with Crippen molar-refractivity contribution in [3.05, 3.63) is 149 Å². The smallest absolute Gasteiger partial charge is 0.272 e. The lowest BCUT2D eigenvalue weighted by Crippen LogP contribution is -2.18. The fourth-order valence-electron chi connectivity index (χ4n) is 5.14. The molecule has 0 aliphatic heterocycles. The molecule has 0 fully saturated rings. The first-order chi connectivity index (χ1) is 21.0. The number of pyridine rings is 1. The summed E-state index contributed by atoms with van der Waals surface area (Å²) in [5, 5.41) is 5.07. The Bertz CT molecular complexity index is 1950. The van der Waals surface area contributed by atoms with Crippen molar-refractivity contribution in [3.8, 4) is 22.7 Å². The molecule has 0 atom stereocenters. The van der Waals surface area contributed by atoms with Gasteiger partial charge >= 0.3 is 0 Å². The van der Waals surface area contributed by atoms with Crippen LogP contribution in [0.2, 0.25) is 0 Å². The lowest BCUT2D eigenvalue weighted by molar-refractivity contribution is 0.0956. The van der Waals surface area contributed by atoms with Crippen LogP contribution in [-0.2, 0) is 6.61 Å². The van der Waals surface area contributed by atoms with Gasteiger partial charge in [-0.05, 0) is 74.0 Å². The molecule has 2 aromatic heterocycles.